The number of aryl methyl sites for hydroxylation is 1. The minimum Gasteiger partial charge on any atom is -0.481 e. The molecule has 11 heteroatoms. The first-order chi connectivity index (χ1) is 24.6. The van der Waals surface area contributed by atoms with E-state index in [1.807, 2.05) is 50.2 Å². The Morgan fingerprint density at radius 1 is 1.12 bits per heavy atom. The highest BCUT2D eigenvalue weighted by Crippen LogP contribution is 2.45. The Hall–Kier alpha value is -4.25. The summed E-state index contributed by atoms with van der Waals surface area (Å²) in [4.78, 5) is 44.7. The highest BCUT2D eigenvalue weighted by atomic mass is 35.5. The highest BCUT2D eigenvalue weighted by molar-refractivity contribution is 6.36. The molecule has 3 aromatic rings. The van der Waals surface area contributed by atoms with Crippen molar-refractivity contribution in [3.8, 4) is 28.3 Å². The molecule has 3 unspecified atom stereocenters. The van der Waals surface area contributed by atoms with Crippen LogP contribution in [0.2, 0.25) is 5.02 Å². The van der Waals surface area contributed by atoms with Gasteiger partial charge in [0.1, 0.15) is 5.57 Å². The maximum atomic E-state index is 13.3. The number of carbonyl (C=O) groups excluding carboxylic acids is 3. The van der Waals surface area contributed by atoms with Crippen LogP contribution < -0.4 is 26.4 Å². The predicted molar refractivity (Wildman–Crippen MR) is 206 cm³/mol. The Bertz CT molecular complexity index is 1760. The quantitative estimate of drug-likeness (QED) is 0.0870. The Morgan fingerprint density at radius 3 is 2.47 bits per heavy atom. The van der Waals surface area contributed by atoms with Crippen molar-refractivity contribution in [3.63, 3.8) is 0 Å². The van der Waals surface area contributed by atoms with Gasteiger partial charge in [0.05, 0.1) is 17.8 Å². The molecule has 3 atom stereocenters. The number of benzene rings is 2. The van der Waals surface area contributed by atoms with E-state index in [2.05, 4.69) is 47.8 Å². The summed E-state index contributed by atoms with van der Waals surface area (Å²) in [6, 6.07) is 14.2. The van der Waals surface area contributed by atoms with Crippen molar-refractivity contribution in [2.24, 2.45) is 5.73 Å². The van der Waals surface area contributed by atoms with Crippen LogP contribution in [0.1, 0.15) is 88.4 Å². The number of halogens is 1. The fraction of sp³-hybridized carbons (Fsp3) is 0.450. The number of hydrogen-bond acceptors (Lipinski definition) is 7. The summed E-state index contributed by atoms with van der Waals surface area (Å²) < 4.78 is 5.91. The molecule has 274 valence electrons. The Labute approximate surface area is 307 Å². The molecule has 0 spiro atoms. The zero-order valence-corrected chi connectivity index (χ0v) is 31.7. The third kappa shape index (κ3) is 8.80. The first-order valence-electron chi connectivity index (χ1n) is 18.0. The molecular formula is C40H53ClN6O4. The second-order valence-electron chi connectivity index (χ2n) is 12.8. The van der Waals surface area contributed by atoms with E-state index in [9.17, 15) is 14.4 Å². The molecule has 1 fully saturated rings. The fourth-order valence-electron chi connectivity index (χ4n) is 7.04. The summed E-state index contributed by atoms with van der Waals surface area (Å²) >= 11 is 7.26. The van der Waals surface area contributed by atoms with E-state index < -0.39 is 11.8 Å². The topological polar surface area (TPSA) is 139 Å². The van der Waals surface area contributed by atoms with Gasteiger partial charge in [-0.25, -0.2) is 4.98 Å². The van der Waals surface area contributed by atoms with Gasteiger partial charge in [0.2, 0.25) is 11.8 Å². The molecule has 0 bridgehead atoms. The minimum absolute atomic E-state index is 0.0436. The number of nitrogens with two attached hydrogens (primary N) is 1. The fourth-order valence-corrected chi connectivity index (χ4v) is 7.36. The van der Waals surface area contributed by atoms with Crippen LogP contribution in [0.4, 0.5) is 5.69 Å². The highest BCUT2D eigenvalue weighted by Gasteiger charge is 2.32. The van der Waals surface area contributed by atoms with Gasteiger partial charge in [-0.3, -0.25) is 19.3 Å². The monoisotopic (exact) mass is 716 g/mol. The lowest BCUT2D eigenvalue weighted by molar-refractivity contribution is -0.121. The van der Waals surface area contributed by atoms with Crippen LogP contribution >= 0.6 is 11.6 Å². The van der Waals surface area contributed by atoms with Crippen molar-refractivity contribution < 1.29 is 19.1 Å². The van der Waals surface area contributed by atoms with Crippen LogP contribution in [-0.2, 0) is 20.8 Å². The number of pyridine rings is 1. The van der Waals surface area contributed by atoms with Crippen molar-refractivity contribution in [2.45, 2.75) is 84.2 Å². The molecule has 1 aliphatic carbocycles. The minimum atomic E-state index is -0.532. The van der Waals surface area contributed by atoms with Crippen LogP contribution in [0.3, 0.4) is 0 Å². The molecule has 10 nitrogen and oxygen atoms in total. The lowest BCUT2D eigenvalue weighted by Crippen LogP contribution is -2.31. The van der Waals surface area contributed by atoms with Crippen molar-refractivity contribution in [3.05, 3.63) is 75.8 Å². The molecule has 2 heterocycles. The first kappa shape index (κ1) is 39.5. The normalized spacial score (nSPS) is 17.3. The summed E-state index contributed by atoms with van der Waals surface area (Å²) in [5, 5.41) is 9.10. The van der Waals surface area contributed by atoms with Gasteiger partial charge in [-0.2, -0.15) is 0 Å². The Kier molecular flexibility index (Phi) is 14.2. The Morgan fingerprint density at radius 2 is 1.82 bits per heavy atom. The Balaban J connectivity index is 0.00000286. The summed E-state index contributed by atoms with van der Waals surface area (Å²) in [5.74, 6) is -0.239. The van der Waals surface area contributed by atoms with E-state index in [-0.39, 0.29) is 36.0 Å². The number of fused-ring (bicyclic) bond motifs is 1. The molecule has 3 amide bonds. The lowest BCUT2D eigenvalue weighted by atomic mass is 9.87. The number of nitrogens with zero attached hydrogens (tertiary/aromatic N) is 2. The summed E-state index contributed by atoms with van der Waals surface area (Å²) in [6.07, 6.45) is 6.49. The third-order valence-corrected chi connectivity index (χ3v) is 10.2. The van der Waals surface area contributed by atoms with Gasteiger partial charge in [0.25, 0.3) is 11.8 Å². The molecule has 1 aliphatic heterocycles. The van der Waals surface area contributed by atoms with Gasteiger partial charge in [0, 0.05) is 61.0 Å². The largest absolute Gasteiger partial charge is 0.481 e. The van der Waals surface area contributed by atoms with Crippen LogP contribution in [-0.4, -0.2) is 67.9 Å². The number of nitrogens with one attached hydrogen (secondary N) is 3. The summed E-state index contributed by atoms with van der Waals surface area (Å²) in [5.41, 5.74) is 12.7. The molecule has 5 rings (SSSR count). The maximum Gasteiger partial charge on any atom is 0.260 e. The van der Waals surface area contributed by atoms with E-state index in [4.69, 9.17) is 27.1 Å². The number of aromatic nitrogens is 1. The molecule has 0 saturated carbocycles. The zero-order chi connectivity index (χ0) is 37.2. The van der Waals surface area contributed by atoms with Crippen LogP contribution in [0, 0.1) is 0 Å². The molecule has 1 aromatic heterocycles. The third-order valence-electron chi connectivity index (χ3n) is 9.83. The standard InChI is InChI=1S/C38H47ClN6O4.C2H6/c1-6-22(2)33-25(9-8-12-29(33)43-37(48)28(17-19-40)36(47)41-3)26-10-7-11-27(35(26)39)30-21-23-13-15-31(34(23)38(44-30)49-5)45(4)20-18-24-14-16-32(46)42-24;1-2/h7-12,17,21-22,24,31H,6,13-16,18-20,40H2,1-5H3,(H,41,47)(H,42,46)(H,43,48);1-2H3/b28-17+;. The maximum absolute atomic E-state index is 13.3. The molecule has 0 radical (unpaired) electrons. The van der Waals surface area contributed by atoms with Crippen molar-refractivity contribution in [1.29, 1.82) is 0 Å². The molecule has 5 N–H and O–H groups in total. The number of hydrogen-bond donors (Lipinski definition) is 4. The average molecular weight is 717 g/mol. The number of methoxy groups -OCH3 is 1. The lowest BCUT2D eigenvalue weighted by Gasteiger charge is -2.27. The number of amides is 3. The number of anilines is 1. The van der Waals surface area contributed by atoms with Gasteiger partial charge in [-0.1, -0.05) is 75.7 Å². The second kappa shape index (κ2) is 18.3. The van der Waals surface area contributed by atoms with Gasteiger partial charge >= 0.3 is 0 Å². The molecular weight excluding hydrogens is 664 g/mol. The summed E-state index contributed by atoms with van der Waals surface area (Å²) in [7, 11) is 5.26. The zero-order valence-electron chi connectivity index (χ0n) is 31.0. The first-order valence-corrected chi connectivity index (χ1v) is 18.4. The average Bonchev–Trinajstić information content (AvgIpc) is 3.78. The molecule has 1 saturated heterocycles. The van der Waals surface area contributed by atoms with Crippen molar-refractivity contribution in [1.82, 2.24) is 20.5 Å². The smallest absolute Gasteiger partial charge is 0.260 e. The molecule has 2 aromatic carbocycles. The SMILES string of the molecule is CC.CCC(C)c1c(NC(=O)/C(=C/CN)C(=O)NC)cccc1-c1cccc(-c2cc3c(c(OC)n2)C(N(C)CCC2CCC(=O)N2)CC3)c1Cl. The van der Waals surface area contributed by atoms with E-state index in [1.54, 1.807) is 7.11 Å². The van der Waals surface area contributed by atoms with Crippen LogP contribution in [0.15, 0.2) is 54.1 Å². The number of likely N-dealkylation sites (N-methyl/N-ethyl adjacent to an activating group) is 1. The summed E-state index contributed by atoms with van der Waals surface area (Å²) in [6.45, 7) is 9.11. The number of ether oxygens (including phenoxy) is 1. The van der Waals surface area contributed by atoms with E-state index in [1.165, 1.54) is 18.7 Å². The van der Waals surface area contributed by atoms with Gasteiger partial charge in [0.15, 0.2) is 0 Å². The van der Waals surface area contributed by atoms with Crippen LogP contribution in [0.5, 0.6) is 5.88 Å². The van der Waals surface area contributed by atoms with Gasteiger partial charge in [-0.05, 0) is 73.9 Å². The molecule has 51 heavy (non-hydrogen) atoms. The van der Waals surface area contributed by atoms with E-state index in [0.29, 0.717) is 23.0 Å². The predicted octanol–water partition coefficient (Wildman–Crippen LogP) is 6.77. The number of rotatable bonds is 13. The van der Waals surface area contributed by atoms with Gasteiger partial charge < -0.3 is 26.4 Å². The second-order valence-corrected chi connectivity index (χ2v) is 13.2. The molecule has 2 aliphatic rings. The number of carbonyl (C=O) groups is 3. The van der Waals surface area contributed by atoms with Crippen LogP contribution in [0.25, 0.3) is 22.4 Å². The van der Waals surface area contributed by atoms with E-state index >= 15 is 0 Å². The van der Waals surface area contributed by atoms with Crippen molar-refractivity contribution >= 4 is 35.0 Å². The van der Waals surface area contributed by atoms with Crippen molar-refractivity contribution in [2.75, 3.05) is 39.6 Å². The van der Waals surface area contributed by atoms with E-state index in [0.717, 1.165) is 72.2 Å². The van der Waals surface area contributed by atoms with Gasteiger partial charge in [-0.15, -0.1) is 0 Å².